The van der Waals surface area contributed by atoms with Gasteiger partial charge in [0.1, 0.15) is 0 Å². The number of aromatic amines is 1. The van der Waals surface area contributed by atoms with E-state index in [1.165, 1.54) is 11.3 Å². The number of H-pyrrole nitrogens is 1. The van der Waals surface area contributed by atoms with Crippen LogP contribution < -0.4 is 0 Å². The summed E-state index contributed by atoms with van der Waals surface area (Å²) >= 11 is 1.52. The van der Waals surface area contributed by atoms with Crippen molar-refractivity contribution >= 4 is 43.8 Å². The zero-order valence-electron chi connectivity index (χ0n) is 10.8. The minimum atomic E-state index is 0.0191. The SMILES string of the molecule is Oc1[nH]c2ccc3ncsc3c2c1N=Nc1ccccc1. The molecule has 21 heavy (non-hydrogen) atoms. The van der Waals surface area contributed by atoms with Crippen molar-refractivity contribution in [2.75, 3.05) is 0 Å². The first-order chi connectivity index (χ1) is 10.3. The predicted octanol–water partition coefficient (Wildman–Crippen LogP) is 4.90. The number of thiazole rings is 1. The number of azo groups is 1. The largest absolute Gasteiger partial charge is 0.493 e. The fourth-order valence-corrected chi connectivity index (χ4v) is 3.11. The van der Waals surface area contributed by atoms with Gasteiger partial charge in [-0.1, -0.05) is 18.2 Å². The summed E-state index contributed by atoms with van der Waals surface area (Å²) in [6.45, 7) is 0. The molecule has 4 aromatic rings. The summed E-state index contributed by atoms with van der Waals surface area (Å²) in [5.74, 6) is 0.0191. The number of nitrogens with one attached hydrogen (secondary N) is 1. The number of rotatable bonds is 2. The van der Waals surface area contributed by atoms with Gasteiger partial charge in [0.25, 0.3) is 0 Å². The third-order valence-electron chi connectivity index (χ3n) is 3.24. The van der Waals surface area contributed by atoms with Gasteiger partial charge < -0.3 is 10.1 Å². The Hall–Kier alpha value is -2.73. The van der Waals surface area contributed by atoms with E-state index in [0.717, 1.165) is 26.8 Å². The Morgan fingerprint density at radius 3 is 2.76 bits per heavy atom. The summed E-state index contributed by atoms with van der Waals surface area (Å²) < 4.78 is 0.992. The molecule has 0 aliphatic heterocycles. The molecule has 5 nitrogen and oxygen atoms in total. The van der Waals surface area contributed by atoms with Crippen molar-refractivity contribution < 1.29 is 5.11 Å². The molecular formula is C15H10N4OS. The first-order valence-corrected chi connectivity index (χ1v) is 7.24. The van der Waals surface area contributed by atoms with Crippen LogP contribution in [-0.2, 0) is 0 Å². The summed E-state index contributed by atoms with van der Waals surface area (Å²) in [5, 5.41) is 19.3. The second-order valence-electron chi connectivity index (χ2n) is 4.55. The molecule has 102 valence electrons. The van der Waals surface area contributed by atoms with Crippen LogP contribution in [0.2, 0.25) is 0 Å². The normalized spacial score (nSPS) is 11.8. The molecular weight excluding hydrogens is 284 g/mol. The molecule has 2 aromatic heterocycles. The van der Waals surface area contributed by atoms with Crippen LogP contribution in [-0.4, -0.2) is 15.1 Å². The van der Waals surface area contributed by atoms with E-state index >= 15 is 0 Å². The number of aromatic nitrogens is 2. The van der Waals surface area contributed by atoms with Gasteiger partial charge in [-0.15, -0.1) is 16.5 Å². The number of aromatic hydroxyl groups is 1. The van der Waals surface area contributed by atoms with E-state index in [4.69, 9.17) is 0 Å². The van der Waals surface area contributed by atoms with Crippen LogP contribution in [0.15, 0.2) is 58.2 Å². The zero-order valence-corrected chi connectivity index (χ0v) is 11.6. The summed E-state index contributed by atoms with van der Waals surface area (Å²) in [4.78, 5) is 7.21. The number of benzene rings is 2. The quantitative estimate of drug-likeness (QED) is 0.516. The second kappa shape index (κ2) is 4.68. The van der Waals surface area contributed by atoms with Gasteiger partial charge >= 0.3 is 0 Å². The van der Waals surface area contributed by atoms with E-state index < -0.39 is 0 Å². The molecule has 2 N–H and O–H groups in total. The fraction of sp³-hybridized carbons (Fsp3) is 0. The van der Waals surface area contributed by atoms with Crippen LogP contribution in [0.25, 0.3) is 21.1 Å². The molecule has 0 fully saturated rings. The van der Waals surface area contributed by atoms with Gasteiger partial charge in [0.15, 0.2) is 5.69 Å². The maximum Gasteiger partial charge on any atom is 0.218 e. The molecule has 0 aliphatic rings. The standard InChI is InChI=1S/C15H10N4OS/c20-15-13(19-18-9-4-2-1-3-5-9)12-10(17-15)6-7-11-14(12)21-8-16-11/h1-8,17,20H. The van der Waals surface area contributed by atoms with Crippen LogP contribution >= 0.6 is 11.3 Å². The molecule has 4 rings (SSSR count). The summed E-state index contributed by atoms with van der Waals surface area (Å²) in [5.41, 5.74) is 4.69. The molecule has 6 heteroatoms. The summed E-state index contributed by atoms with van der Waals surface area (Å²) in [7, 11) is 0. The first-order valence-electron chi connectivity index (χ1n) is 6.36. The van der Waals surface area contributed by atoms with Gasteiger partial charge in [-0.25, -0.2) is 4.98 Å². The first kappa shape index (κ1) is 12.0. The number of hydrogen-bond donors (Lipinski definition) is 2. The molecule has 0 amide bonds. The Kier molecular flexibility index (Phi) is 2.68. The molecule has 0 spiro atoms. The third-order valence-corrected chi connectivity index (χ3v) is 4.09. The lowest BCUT2D eigenvalue weighted by Gasteiger charge is -1.94. The van der Waals surface area contributed by atoms with Gasteiger partial charge in [-0.2, -0.15) is 5.11 Å². The van der Waals surface area contributed by atoms with E-state index in [2.05, 4.69) is 20.2 Å². The highest BCUT2D eigenvalue weighted by Crippen LogP contribution is 2.41. The maximum absolute atomic E-state index is 10.1. The van der Waals surface area contributed by atoms with Crippen LogP contribution in [0.5, 0.6) is 5.88 Å². The average Bonchev–Trinajstić information content (AvgIpc) is 3.09. The van der Waals surface area contributed by atoms with Gasteiger partial charge in [-0.05, 0) is 24.3 Å². The van der Waals surface area contributed by atoms with Crippen molar-refractivity contribution in [3.63, 3.8) is 0 Å². The van der Waals surface area contributed by atoms with Gasteiger partial charge in [0.05, 0.1) is 32.3 Å². The lowest BCUT2D eigenvalue weighted by Crippen LogP contribution is -1.69. The van der Waals surface area contributed by atoms with Gasteiger partial charge in [-0.3, -0.25) is 0 Å². The Morgan fingerprint density at radius 2 is 1.90 bits per heavy atom. The topological polar surface area (TPSA) is 73.6 Å². The van der Waals surface area contributed by atoms with Crippen LogP contribution in [0.1, 0.15) is 0 Å². The molecule has 2 aromatic carbocycles. The number of fused-ring (bicyclic) bond motifs is 3. The minimum Gasteiger partial charge on any atom is -0.493 e. The monoisotopic (exact) mass is 294 g/mol. The van der Waals surface area contributed by atoms with Gasteiger partial charge in [0.2, 0.25) is 5.88 Å². The van der Waals surface area contributed by atoms with E-state index in [9.17, 15) is 5.11 Å². The molecule has 0 saturated carbocycles. The van der Waals surface area contributed by atoms with E-state index in [0.29, 0.717) is 5.69 Å². The Morgan fingerprint density at radius 1 is 1.05 bits per heavy atom. The van der Waals surface area contributed by atoms with E-state index in [1.807, 2.05) is 42.5 Å². The van der Waals surface area contributed by atoms with E-state index in [1.54, 1.807) is 5.51 Å². The number of nitrogens with zero attached hydrogens (tertiary/aromatic N) is 3. The molecule has 0 bridgehead atoms. The predicted molar refractivity (Wildman–Crippen MR) is 83.8 cm³/mol. The van der Waals surface area contributed by atoms with Crippen molar-refractivity contribution in [3.8, 4) is 5.88 Å². The Balaban J connectivity index is 1.93. The average molecular weight is 294 g/mol. The Labute approximate surface area is 123 Å². The molecule has 0 unspecified atom stereocenters. The second-order valence-corrected chi connectivity index (χ2v) is 5.40. The number of hydrogen-bond acceptors (Lipinski definition) is 5. The minimum absolute atomic E-state index is 0.0191. The van der Waals surface area contributed by atoms with Crippen molar-refractivity contribution in [1.82, 2.24) is 9.97 Å². The van der Waals surface area contributed by atoms with Crippen molar-refractivity contribution in [2.45, 2.75) is 0 Å². The third kappa shape index (κ3) is 1.96. The highest BCUT2D eigenvalue weighted by molar-refractivity contribution is 7.17. The van der Waals surface area contributed by atoms with Crippen LogP contribution in [0, 0.1) is 0 Å². The fourth-order valence-electron chi connectivity index (χ4n) is 2.27. The lowest BCUT2D eigenvalue weighted by atomic mass is 10.2. The highest BCUT2D eigenvalue weighted by atomic mass is 32.1. The summed E-state index contributed by atoms with van der Waals surface area (Å²) in [6, 6.07) is 13.2. The van der Waals surface area contributed by atoms with Gasteiger partial charge in [0, 0.05) is 0 Å². The molecule has 0 saturated heterocycles. The molecule has 0 aliphatic carbocycles. The van der Waals surface area contributed by atoms with E-state index in [-0.39, 0.29) is 5.88 Å². The zero-order chi connectivity index (χ0) is 14.2. The highest BCUT2D eigenvalue weighted by Gasteiger charge is 2.14. The summed E-state index contributed by atoms with van der Waals surface area (Å²) in [6.07, 6.45) is 0. The molecule has 2 heterocycles. The smallest absolute Gasteiger partial charge is 0.218 e. The maximum atomic E-state index is 10.1. The van der Waals surface area contributed by atoms with Crippen molar-refractivity contribution in [1.29, 1.82) is 0 Å². The molecule has 0 radical (unpaired) electrons. The van der Waals surface area contributed by atoms with Crippen LogP contribution in [0.4, 0.5) is 11.4 Å². The van der Waals surface area contributed by atoms with Crippen molar-refractivity contribution in [2.24, 2.45) is 10.2 Å². The Bertz CT molecular complexity index is 956. The van der Waals surface area contributed by atoms with Crippen molar-refractivity contribution in [3.05, 3.63) is 48.0 Å². The van der Waals surface area contributed by atoms with Crippen LogP contribution in [0.3, 0.4) is 0 Å². The molecule has 0 atom stereocenters. The lowest BCUT2D eigenvalue weighted by molar-refractivity contribution is 0.459.